The molecule has 0 aliphatic carbocycles. The van der Waals surface area contributed by atoms with Crippen LogP contribution in [0.3, 0.4) is 0 Å². The van der Waals surface area contributed by atoms with Gasteiger partial charge in [0.1, 0.15) is 5.01 Å². The molecule has 0 spiro atoms. The highest BCUT2D eigenvalue weighted by atomic mass is 35.5. The number of halogens is 1. The van der Waals surface area contributed by atoms with Gasteiger partial charge in [0.15, 0.2) is 0 Å². The molecule has 0 aliphatic rings. The van der Waals surface area contributed by atoms with Crippen LogP contribution in [0.2, 0.25) is 5.02 Å². The summed E-state index contributed by atoms with van der Waals surface area (Å²) in [6.07, 6.45) is 0. The third-order valence-corrected chi connectivity index (χ3v) is 5.69. The van der Waals surface area contributed by atoms with Crippen LogP contribution in [0.15, 0.2) is 47.4 Å². The number of nitrogen functional groups attached to an aromatic ring is 1. The summed E-state index contributed by atoms with van der Waals surface area (Å²) in [4.78, 5) is 5.16. The molecule has 6 heteroatoms. The third kappa shape index (κ3) is 2.70. The maximum atomic E-state index is 12.3. The first kappa shape index (κ1) is 13.5. The average molecular weight is 323 g/mol. The van der Waals surface area contributed by atoms with Gasteiger partial charge < -0.3 is 5.73 Å². The Labute approximate surface area is 127 Å². The molecule has 3 rings (SSSR count). The van der Waals surface area contributed by atoms with Crippen LogP contribution in [0.5, 0.6) is 0 Å². The minimum Gasteiger partial charge on any atom is -0.398 e. The van der Waals surface area contributed by atoms with Crippen LogP contribution in [0.25, 0.3) is 10.2 Å². The van der Waals surface area contributed by atoms with E-state index < -0.39 is 10.8 Å². The zero-order valence-corrected chi connectivity index (χ0v) is 12.8. The number of anilines is 1. The highest BCUT2D eigenvalue weighted by Gasteiger charge is 2.11. The van der Waals surface area contributed by atoms with E-state index in [1.54, 1.807) is 29.5 Å². The van der Waals surface area contributed by atoms with Crippen molar-refractivity contribution in [2.75, 3.05) is 5.73 Å². The maximum Gasteiger partial charge on any atom is 0.107 e. The number of hydrogen-bond donors (Lipinski definition) is 1. The Hall–Kier alpha value is -1.43. The van der Waals surface area contributed by atoms with Crippen molar-refractivity contribution in [1.82, 2.24) is 4.98 Å². The lowest BCUT2D eigenvalue weighted by Crippen LogP contribution is -1.97. The zero-order valence-electron chi connectivity index (χ0n) is 10.4. The van der Waals surface area contributed by atoms with Crippen LogP contribution in [0.4, 0.5) is 5.69 Å². The lowest BCUT2D eigenvalue weighted by atomic mass is 10.3. The standard InChI is InChI=1S/C14H11ClN2OS2/c15-10-7-9(5-6-11(10)16)20(18)8-14-17-12-3-1-2-4-13(12)19-14/h1-7H,8,16H2. The van der Waals surface area contributed by atoms with Gasteiger partial charge in [0, 0.05) is 4.90 Å². The van der Waals surface area contributed by atoms with Crippen molar-refractivity contribution in [3.63, 3.8) is 0 Å². The second-order valence-electron chi connectivity index (χ2n) is 4.25. The maximum absolute atomic E-state index is 12.3. The number of nitrogens with two attached hydrogens (primary N) is 1. The molecule has 2 N–H and O–H groups in total. The molecule has 0 bridgehead atoms. The van der Waals surface area contributed by atoms with Gasteiger partial charge >= 0.3 is 0 Å². The van der Waals surface area contributed by atoms with E-state index in [9.17, 15) is 4.21 Å². The number of benzene rings is 2. The molecule has 3 aromatic rings. The van der Waals surface area contributed by atoms with E-state index >= 15 is 0 Å². The number of nitrogens with zero attached hydrogens (tertiary/aromatic N) is 1. The van der Waals surface area contributed by atoms with Crippen molar-refractivity contribution >= 4 is 49.6 Å². The quantitative estimate of drug-likeness (QED) is 0.745. The van der Waals surface area contributed by atoms with Crippen LogP contribution >= 0.6 is 22.9 Å². The molecule has 1 aromatic heterocycles. The second kappa shape index (κ2) is 5.52. The molecule has 102 valence electrons. The van der Waals surface area contributed by atoms with Gasteiger partial charge in [-0.3, -0.25) is 4.21 Å². The molecule has 1 heterocycles. The number of aromatic nitrogens is 1. The highest BCUT2D eigenvalue weighted by molar-refractivity contribution is 7.84. The Balaban J connectivity index is 1.86. The van der Waals surface area contributed by atoms with Crippen molar-refractivity contribution in [2.45, 2.75) is 10.6 Å². The summed E-state index contributed by atoms with van der Waals surface area (Å²) in [5, 5.41) is 1.29. The molecule has 0 aliphatic heterocycles. The van der Waals surface area contributed by atoms with E-state index in [1.165, 1.54) is 0 Å². The van der Waals surface area contributed by atoms with Crippen molar-refractivity contribution < 1.29 is 4.21 Å². The van der Waals surface area contributed by atoms with E-state index in [-0.39, 0.29) is 0 Å². The van der Waals surface area contributed by atoms with Gasteiger partial charge in [0.2, 0.25) is 0 Å². The van der Waals surface area contributed by atoms with E-state index in [2.05, 4.69) is 4.98 Å². The average Bonchev–Trinajstić information content (AvgIpc) is 2.83. The lowest BCUT2D eigenvalue weighted by molar-refractivity contribution is 0.682. The largest absolute Gasteiger partial charge is 0.398 e. The van der Waals surface area contributed by atoms with Crippen molar-refractivity contribution in [2.24, 2.45) is 0 Å². The molecular weight excluding hydrogens is 312 g/mol. The summed E-state index contributed by atoms with van der Waals surface area (Å²) in [5.74, 6) is 0.388. The fourth-order valence-corrected chi connectivity index (χ4v) is 4.32. The van der Waals surface area contributed by atoms with Crippen LogP contribution in [0.1, 0.15) is 5.01 Å². The third-order valence-electron chi connectivity index (χ3n) is 2.83. The molecule has 3 nitrogen and oxygen atoms in total. The smallest absolute Gasteiger partial charge is 0.107 e. The fraction of sp³-hybridized carbons (Fsp3) is 0.0714. The molecule has 0 saturated heterocycles. The van der Waals surface area contributed by atoms with E-state index in [0.717, 1.165) is 15.2 Å². The molecule has 0 radical (unpaired) electrons. The number of thiazole rings is 1. The summed E-state index contributed by atoms with van der Waals surface area (Å²) >= 11 is 7.52. The second-order valence-corrected chi connectivity index (χ2v) is 7.22. The minimum atomic E-state index is -1.17. The number of fused-ring (bicyclic) bond motifs is 1. The van der Waals surface area contributed by atoms with Crippen molar-refractivity contribution in [3.05, 3.63) is 52.5 Å². The molecule has 1 atom stereocenters. The summed E-state index contributed by atoms with van der Waals surface area (Å²) < 4.78 is 13.4. The first-order valence-electron chi connectivity index (χ1n) is 5.91. The predicted octanol–water partition coefficient (Wildman–Crippen LogP) is 3.84. The van der Waals surface area contributed by atoms with Gasteiger partial charge in [-0.05, 0) is 30.3 Å². The van der Waals surface area contributed by atoms with E-state index in [4.69, 9.17) is 17.3 Å². The summed E-state index contributed by atoms with van der Waals surface area (Å²) in [5.41, 5.74) is 7.09. The Morgan fingerprint density at radius 1 is 1.25 bits per heavy atom. The fourth-order valence-electron chi connectivity index (χ4n) is 1.83. The SMILES string of the molecule is Nc1ccc(S(=O)Cc2nc3ccccc3s2)cc1Cl. The molecule has 20 heavy (non-hydrogen) atoms. The van der Waals surface area contributed by atoms with Crippen LogP contribution < -0.4 is 5.73 Å². The van der Waals surface area contributed by atoms with Gasteiger partial charge in [-0.15, -0.1) is 11.3 Å². The summed E-state index contributed by atoms with van der Waals surface area (Å²) in [7, 11) is -1.17. The first-order chi connectivity index (χ1) is 9.63. The topological polar surface area (TPSA) is 56.0 Å². The van der Waals surface area contributed by atoms with Gasteiger partial charge in [-0.1, -0.05) is 23.7 Å². The Morgan fingerprint density at radius 2 is 2.05 bits per heavy atom. The molecule has 0 amide bonds. The van der Waals surface area contributed by atoms with Gasteiger partial charge in [0.05, 0.1) is 37.5 Å². The Kier molecular flexibility index (Phi) is 3.74. The van der Waals surface area contributed by atoms with Crippen LogP contribution in [-0.2, 0) is 16.6 Å². The number of para-hydroxylation sites is 1. The summed E-state index contributed by atoms with van der Waals surface area (Å²) in [6.45, 7) is 0. The lowest BCUT2D eigenvalue weighted by Gasteiger charge is -2.02. The molecule has 0 fully saturated rings. The Morgan fingerprint density at radius 3 is 2.80 bits per heavy atom. The molecular formula is C14H11ClN2OS2. The minimum absolute atomic E-state index is 0.388. The molecule has 2 aromatic carbocycles. The highest BCUT2D eigenvalue weighted by Crippen LogP contribution is 2.26. The van der Waals surface area contributed by atoms with Gasteiger partial charge in [0.25, 0.3) is 0 Å². The molecule has 1 unspecified atom stereocenters. The van der Waals surface area contributed by atoms with E-state index in [1.807, 2.05) is 24.3 Å². The number of rotatable bonds is 3. The summed E-state index contributed by atoms with van der Waals surface area (Å²) in [6, 6.07) is 13.0. The van der Waals surface area contributed by atoms with Crippen molar-refractivity contribution in [3.8, 4) is 0 Å². The molecule has 0 saturated carbocycles. The van der Waals surface area contributed by atoms with Crippen molar-refractivity contribution in [1.29, 1.82) is 0 Å². The monoisotopic (exact) mass is 322 g/mol. The van der Waals surface area contributed by atoms with Crippen LogP contribution in [-0.4, -0.2) is 9.19 Å². The number of hydrogen-bond acceptors (Lipinski definition) is 4. The van der Waals surface area contributed by atoms with Gasteiger partial charge in [-0.25, -0.2) is 4.98 Å². The predicted molar refractivity (Wildman–Crippen MR) is 85.6 cm³/mol. The first-order valence-corrected chi connectivity index (χ1v) is 8.42. The van der Waals surface area contributed by atoms with E-state index in [0.29, 0.717) is 21.4 Å². The van der Waals surface area contributed by atoms with Crippen LogP contribution in [0, 0.1) is 0 Å². The van der Waals surface area contributed by atoms with Gasteiger partial charge in [-0.2, -0.15) is 0 Å². The normalized spacial score (nSPS) is 12.7. The Bertz CT molecular complexity index is 768. The zero-order chi connectivity index (χ0) is 14.1.